The van der Waals surface area contributed by atoms with Crippen molar-refractivity contribution in [3.05, 3.63) is 221 Å². The van der Waals surface area contributed by atoms with E-state index in [1.54, 1.807) is 0 Å². The van der Waals surface area contributed by atoms with Gasteiger partial charge in [-0.3, -0.25) is 0 Å². The van der Waals surface area contributed by atoms with E-state index >= 15 is 0 Å². The second-order valence-electron chi connectivity index (χ2n) is 19.4. The van der Waals surface area contributed by atoms with Gasteiger partial charge in [0.1, 0.15) is 0 Å². The molecule has 0 saturated carbocycles. The van der Waals surface area contributed by atoms with Crippen molar-refractivity contribution in [2.24, 2.45) is 0 Å². The molecule has 2 nitrogen and oxygen atoms in total. The molecule has 9 aromatic rings. The lowest BCUT2D eigenvalue weighted by Gasteiger charge is -2.45. The van der Waals surface area contributed by atoms with Gasteiger partial charge < -0.3 is 9.80 Å². The molecule has 0 bridgehead atoms. The third kappa shape index (κ3) is 6.62. The van der Waals surface area contributed by atoms with Crippen LogP contribution < -0.4 is 26.2 Å². The van der Waals surface area contributed by atoms with E-state index in [1.807, 2.05) is 0 Å². The number of nitrogens with zero attached hydrogens (tertiary/aromatic N) is 2. The predicted octanol–water partition coefficient (Wildman–Crippen LogP) is 14.8. The molecule has 0 amide bonds. The van der Waals surface area contributed by atoms with Gasteiger partial charge in [0.25, 0.3) is 6.71 Å². The summed E-state index contributed by atoms with van der Waals surface area (Å²) >= 11 is 0. The SMILES string of the molecule is Cc1c(-c2ccccc2)cc(N2c3cc4c(cc3B3c5cc6c(cc5N(c5cc(-c7ccccc7)c(C)c(-c7ccccc7)c5)c5cccc2c53)CCCC6)CCCC4)cc1-c1ccccc1. The van der Waals surface area contributed by atoms with Crippen LogP contribution in [0.5, 0.6) is 0 Å². The summed E-state index contributed by atoms with van der Waals surface area (Å²) in [6, 6.07) is 71.6. The minimum absolute atomic E-state index is 0.0865. The van der Waals surface area contributed by atoms with Crippen molar-refractivity contribution < 1.29 is 0 Å². The van der Waals surface area contributed by atoms with E-state index in [9.17, 15) is 0 Å². The molecular weight excluding hydrogens is 808 g/mol. The number of hydrogen-bond acceptors (Lipinski definition) is 2. The van der Waals surface area contributed by atoms with Gasteiger partial charge in [-0.05, 0) is 208 Å². The van der Waals surface area contributed by atoms with Crippen molar-refractivity contribution in [1.82, 2.24) is 0 Å². The summed E-state index contributed by atoms with van der Waals surface area (Å²) in [5.41, 5.74) is 30.5. The first-order valence-electron chi connectivity index (χ1n) is 24.6. The topological polar surface area (TPSA) is 6.48 Å². The number of benzene rings is 9. The standard InChI is InChI=1S/C64H53BN2/c1-42-54(44-20-7-3-8-21-44)38-52(39-55(42)45-22-9-4-10-23-45)66-60-32-19-33-61-64(60)65(58-34-48-28-15-17-30-50(48)36-62(58)66)59-35-49-29-16-18-31-51(49)37-63(59)67(61)53-40-56(46-24-11-5-12-25-46)43(2)57(41-53)47-26-13-6-14-27-47/h3-14,19-27,32-41H,15-18,28-31H2,1-2H3. The van der Waals surface area contributed by atoms with Crippen LogP contribution in [0.15, 0.2) is 188 Å². The summed E-state index contributed by atoms with van der Waals surface area (Å²) in [6.07, 6.45) is 9.53. The van der Waals surface area contributed by atoms with Crippen molar-refractivity contribution in [2.45, 2.75) is 65.2 Å². The molecule has 67 heavy (non-hydrogen) atoms. The summed E-state index contributed by atoms with van der Waals surface area (Å²) < 4.78 is 0. The van der Waals surface area contributed by atoms with Gasteiger partial charge in [-0.2, -0.15) is 0 Å². The lowest BCUT2D eigenvalue weighted by atomic mass is 9.33. The van der Waals surface area contributed by atoms with Gasteiger partial charge in [-0.25, -0.2) is 0 Å². The van der Waals surface area contributed by atoms with Crippen LogP contribution in [0, 0.1) is 13.8 Å². The van der Waals surface area contributed by atoms with E-state index in [0.29, 0.717) is 0 Å². The summed E-state index contributed by atoms with van der Waals surface area (Å²) in [6.45, 7) is 4.70. The Hall–Kier alpha value is -7.36. The molecule has 0 fully saturated rings. The van der Waals surface area contributed by atoms with Crippen molar-refractivity contribution in [2.75, 3.05) is 9.80 Å². The molecule has 2 heterocycles. The fraction of sp³-hybridized carbons (Fsp3) is 0.156. The Labute approximate surface area is 396 Å². The lowest BCUT2D eigenvalue weighted by molar-refractivity contribution is 0.686. The first-order valence-corrected chi connectivity index (χ1v) is 24.6. The Bertz CT molecular complexity index is 3030. The zero-order chi connectivity index (χ0) is 44.6. The van der Waals surface area contributed by atoms with Crippen molar-refractivity contribution in [3.63, 3.8) is 0 Å². The maximum Gasteiger partial charge on any atom is 0.252 e. The fourth-order valence-electron chi connectivity index (χ4n) is 12.3. The first kappa shape index (κ1) is 40.0. The summed E-state index contributed by atoms with van der Waals surface area (Å²) in [5, 5.41) is 0. The Morgan fingerprint density at radius 1 is 0.328 bits per heavy atom. The van der Waals surface area contributed by atoms with Crippen LogP contribution in [0.4, 0.5) is 34.1 Å². The third-order valence-electron chi connectivity index (χ3n) is 15.6. The molecule has 3 heteroatoms. The molecule has 9 aromatic carbocycles. The Balaban J connectivity index is 1.12. The van der Waals surface area contributed by atoms with Gasteiger partial charge in [-0.1, -0.05) is 140 Å². The quantitative estimate of drug-likeness (QED) is 0.154. The normalized spacial score (nSPS) is 14.4. The lowest BCUT2D eigenvalue weighted by Crippen LogP contribution is -2.61. The van der Waals surface area contributed by atoms with E-state index in [4.69, 9.17) is 0 Å². The van der Waals surface area contributed by atoms with Crippen molar-refractivity contribution in [1.29, 1.82) is 0 Å². The predicted molar refractivity (Wildman–Crippen MR) is 285 cm³/mol. The number of anilines is 6. The minimum atomic E-state index is 0.0865. The Morgan fingerprint density at radius 3 is 0.970 bits per heavy atom. The van der Waals surface area contributed by atoms with Gasteiger partial charge in [-0.15, -0.1) is 0 Å². The van der Waals surface area contributed by atoms with Gasteiger partial charge in [0, 0.05) is 34.1 Å². The zero-order valence-electron chi connectivity index (χ0n) is 38.5. The van der Waals surface area contributed by atoms with Gasteiger partial charge in [0.05, 0.1) is 0 Å². The average molecular weight is 861 g/mol. The maximum absolute atomic E-state index is 2.65. The maximum atomic E-state index is 2.65. The van der Waals surface area contributed by atoms with Crippen LogP contribution in [0.25, 0.3) is 44.5 Å². The molecule has 2 aliphatic heterocycles. The molecule has 0 saturated heterocycles. The van der Waals surface area contributed by atoms with Crippen LogP contribution in [0.2, 0.25) is 0 Å². The average Bonchev–Trinajstić information content (AvgIpc) is 3.39. The van der Waals surface area contributed by atoms with E-state index in [0.717, 1.165) is 25.7 Å². The highest BCUT2D eigenvalue weighted by Crippen LogP contribution is 2.49. The van der Waals surface area contributed by atoms with Gasteiger partial charge in [0.15, 0.2) is 0 Å². The molecule has 0 unspecified atom stereocenters. The van der Waals surface area contributed by atoms with E-state index in [1.165, 1.54) is 154 Å². The highest BCUT2D eigenvalue weighted by molar-refractivity contribution is 7.00. The van der Waals surface area contributed by atoms with Crippen LogP contribution in [0.3, 0.4) is 0 Å². The minimum Gasteiger partial charge on any atom is -0.311 e. The molecule has 0 atom stereocenters. The number of aryl methyl sites for hydroxylation is 4. The Kier molecular flexibility index (Phi) is 9.67. The van der Waals surface area contributed by atoms with E-state index in [-0.39, 0.29) is 6.71 Å². The molecule has 322 valence electrons. The molecule has 0 radical (unpaired) electrons. The van der Waals surface area contributed by atoms with Crippen LogP contribution >= 0.6 is 0 Å². The van der Waals surface area contributed by atoms with E-state index in [2.05, 4.69) is 212 Å². The monoisotopic (exact) mass is 860 g/mol. The van der Waals surface area contributed by atoms with Crippen molar-refractivity contribution >= 4 is 57.2 Å². The zero-order valence-corrected chi connectivity index (χ0v) is 38.5. The molecular formula is C64H53BN2. The third-order valence-corrected chi connectivity index (χ3v) is 15.6. The largest absolute Gasteiger partial charge is 0.311 e. The molecule has 2 aliphatic carbocycles. The van der Waals surface area contributed by atoms with E-state index < -0.39 is 0 Å². The molecule has 13 rings (SSSR count). The highest BCUT2D eigenvalue weighted by Gasteiger charge is 2.44. The second-order valence-corrected chi connectivity index (χ2v) is 19.4. The highest BCUT2D eigenvalue weighted by atomic mass is 15.2. The molecule has 0 aromatic heterocycles. The van der Waals surface area contributed by atoms with Gasteiger partial charge >= 0.3 is 0 Å². The van der Waals surface area contributed by atoms with Crippen LogP contribution in [-0.2, 0) is 25.7 Å². The number of rotatable bonds is 6. The summed E-state index contributed by atoms with van der Waals surface area (Å²) in [5.74, 6) is 0. The second kappa shape index (κ2) is 16.2. The summed E-state index contributed by atoms with van der Waals surface area (Å²) in [4.78, 5) is 5.30. The number of hydrogen-bond donors (Lipinski definition) is 0. The Morgan fingerprint density at radius 2 is 0.642 bits per heavy atom. The van der Waals surface area contributed by atoms with Gasteiger partial charge in [0.2, 0.25) is 0 Å². The summed E-state index contributed by atoms with van der Waals surface area (Å²) in [7, 11) is 0. The van der Waals surface area contributed by atoms with Crippen LogP contribution in [-0.4, -0.2) is 6.71 Å². The van der Waals surface area contributed by atoms with Crippen LogP contribution in [0.1, 0.15) is 59.1 Å². The van der Waals surface area contributed by atoms with Crippen molar-refractivity contribution in [3.8, 4) is 44.5 Å². The smallest absolute Gasteiger partial charge is 0.252 e. The first-order chi connectivity index (χ1) is 33.1. The number of fused-ring (bicyclic) bond motifs is 6. The fourth-order valence-corrected chi connectivity index (χ4v) is 12.3. The molecule has 0 N–H and O–H groups in total. The molecule has 4 aliphatic rings. The molecule has 0 spiro atoms.